The molecule has 2 aliphatic rings. The lowest BCUT2D eigenvalue weighted by Gasteiger charge is -2.42. The van der Waals surface area contributed by atoms with E-state index in [0.717, 1.165) is 24.3 Å². The molecule has 2 N–H and O–H groups in total. The lowest BCUT2D eigenvalue weighted by molar-refractivity contribution is -0.769. The van der Waals surface area contributed by atoms with Crippen LogP contribution in [0.2, 0.25) is 0 Å². The molecule has 1 heterocycles. The Labute approximate surface area is 133 Å². The molecule has 0 bridgehead atoms. The Balaban J connectivity index is 2.02. The Morgan fingerprint density at radius 1 is 1.18 bits per heavy atom. The number of benzene rings is 1. The van der Waals surface area contributed by atoms with Gasteiger partial charge in [0.15, 0.2) is 11.5 Å². The molecule has 3 heteroatoms. The van der Waals surface area contributed by atoms with E-state index in [2.05, 4.69) is 24.0 Å². The summed E-state index contributed by atoms with van der Waals surface area (Å²) in [6.07, 6.45) is 11.0. The second-order valence-electron chi connectivity index (χ2n) is 6.80. The van der Waals surface area contributed by atoms with Crippen LogP contribution in [-0.2, 0) is 6.42 Å². The first-order chi connectivity index (χ1) is 10.7. The number of hydrogen-bond donors (Lipinski definition) is 1. The second-order valence-corrected chi connectivity index (χ2v) is 6.80. The van der Waals surface area contributed by atoms with Gasteiger partial charge in [-0.3, -0.25) is 0 Å². The van der Waals surface area contributed by atoms with Crippen molar-refractivity contribution >= 4 is 0 Å². The van der Waals surface area contributed by atoms with Gasteiger partial charge in [0.1, 0.15) is 11.6 Å². The highest BCUT2D eigenvalue weighted by atomic mass is 16.5. The number of ether oxygens (including phenoxy) is 2. The molecule has 120 valence electrons. The van der Waals surface area contributed by atoms with Gasteiger partial charge in [-0.15, -0.1) is 6.58 Å². The quantitative estimate of drug-likeness (QED) is 0.867. The van der Waals surface area contributed by atoms with E-state index in [-0.39, 0.29) is 0 Å². The van der Waals surface area contributed by atoms with Gasteiger partial charge < -0.3 is 14.8 Å². The summed E-state index contributed by atoms with van der Waals surface area (Å²) < 4.78 is 11.0. The van der Waals surface area contributed by atoms with Crippen LogP contribution in [-0.4, -0.2) is 19.8 Å². The minimum Gasteiger partial charge on any atom is -0.493 e. The fourth-order valence-corrected chi connectivity index (χ4v) is 4.36. The Bertz CT molecular complexity index is 547. The maximum atomic E-state index is 5.52. The minimum absolute atomic E-state index is 0.387. The maximum absolute atomic E-state index is 5.52. The van der Waals surface area contributed by atoms with E-state index in [1.54, 1.807) is 14.2 Å². The van der Waals surface area contributed by atoms with Gasteiger partial charge in [-0.2, -0.15) is 0 Å². The van der Waals surface area contributed by atoms with Gasteiger partial charge in [0.05, 0.1) is 14.2 Å². The summed E-state index contributed by atoms with van der Waals surface area (Å²) in [5, 5.41) is 2.63. The second kappa shape index (κ2) is 6.33. The van der Waals surface area contributed by atoms with Crippen molar-refractivity contribution in [3.8, 4) is 11.5 Å². The monoisotopic (exact) mass is 302 g/mol. The third-order valence-corrected chi connectivity index (χ3v) is 5.41. The van der Waals surface area contributed by atoms with Crippen LogP contribution < -0.4 is 14.8 Å². The Kier molecular flexibility index (Phi) is 4.44. The van der Waals surface area contributed by atoms with Crippen LogP contribution in [0.4, 0.5) is 0 Å². The van der Waals surface area contributed by atoms with E-state index in [9.17, 15) is 0 Å². The Hall–Kier alpha value is -1.48. The van der Waals surface area contributed by atoms with Crippen molar-refractivity contribution in [1.29, 1.82) is 0 Å². The first-order valence-electron chi connectivity index (χ1n) is 8.43. The van der Waals surface area contributed by atoms with Crippen molar-refractivity contribution in [2.24, 2.45) is 0 Å². The number of methoxy groups -OCH3 is 2. The highest BCUT2D eigenvalue weighted by Crippen LogP contribution is 2.40. The molecule has 1 aromatic carbocycles. The van der Waals surface area contributed by atoms with Crippen LogP contribution in [0, 0.1) is 0 Å². The number of fused-ring (bicyclic) bond motifs is 1. The number of hydrogen-bond acceptors (Lipinski definition) is 2. The maximum Gasteiger partial charge on any atom is 0.161 e. The predicted octanol–water partition coefficient (Wildman–Crippen LogP) is 3.14. The van der Waals surface area contributed by atoms with Gasteiger partial charge in [0.25, 0.3) is 0 Å². The molecule has 1 atom stereocenters. The van der Waals surface area contributed by atoms with Gasteiger partial charge >= 0.3 is 0 Å². The number of rotatable bonds is 4. The first kappa shape index (κ1) is 15.4. The fraction of sp³-hybridized carbons (Fsp3) is 0.579. The molecule has 1 aromatic rings. The Morgan fingerprint density at radius 2 is 1.86 bits per heavy atom. The molecule has 0 aromatic heterocycles. The van der Waals surface area contributed by atoms with E-state index < -0.39 is 0 Å². The number of nitrogens with two attached hydrogens (primary N) is 1. The van der Waals surface area contributed by atoms with Crippen molar-refractivity contribution in [3.63, 3.8) is 0 Å². The largest absolute Gasteiger partial charge is 0.493 e. The topological polar surface area (TPSA) is 35.1 Å². The van der Waals surface area contributed by atoms with E-state index in [4.69, 9.17) is 9.47 Å². The molecular weight excluding hydrogens is 274 g/mol. The van der Waals surface area contributed by atoms with Gasteiger partial charge in [0.2, 0.25) is 0 Å². The Morgan fingerprint density at radius 3 is 2.50 bits per heavy atom. The van der Waals surface area contributed by atoms with Crippen LogP contribution in [0.25, 0.3) is 0 Å². The third-order valence-electron chi connectivity index (χ3n) is 5.41. The van der Waals surface area contributed by atoms with Crippen molar-refractivity contribution in [1.82, 2.24) is 0 Å². The van der Waals surface area contributed by atoms with Crippen molar-refractivity contribution in [3.05, 3.63) is 35.9 Å². The normalized spacial score (nSPS) is 22.9. The zero-order chi connectivity index (χ0) is 15.6. The summed E-state index contributed by atoms with van der Waals surface area (Å²) in [6, 6.07) is 4.83. The average Bonchev–Trinajstić information content (AvgIpc) is 2.54. The molecular formula is C19H28NO2+. The highest BCUT2D eigenvalue weighted by molar-refractivity contribution is 5.49. The molecule has 1 fully saturated rings. The van der Waals surface area contributed by atoms with E-state index in [1.165, 1.54) is 43.2 Å². The third kappa shape index (κ3) is 2.74. The van der Waals surface area contributed by atoms with E-state index in [0.29, 0.717) is 11.6 Å². The molecule has 3 rings (SSSR count). The molecule has 0 radical (unpaired) electrons. The van der Waals surface area contributed by atoms with Crippen molar-refractivity contribution in [2.45, 2.75) is 56.5 Å². The summed E-state index contributed by atoms with van der Waals surface area (Å²) in [5.74, 6) is 1.69. The van der Waals surface area contributed by atoms with Crippen molar-refractivity contribution < 1.29 is 14.8 Å². The minimum atomic E-state index is 0.387. The summed E-state index contributed by atoms with van der Waals surface area (Å²) in [7, 11) is 3.43. The number of quaternary nitrogens is 1. The summed E-state index contributed by atoms with van der Waals surface area (Å²) in [6.45, 7) is 3.96. The first-order valence-corrected chi connectivity index (χ1v) is 8.43. The lowest BCUT2D eigenvalue weighted by Crippen LogP contribution is -2.99. The van der Waals surface area contributed by atoms with E-state index in [1.807, 2.05) is 6.08 Å². The van der Waals surface area contributed by atoms with Gasteiger partial charge in [-0.25, -0.2) is 0 Å². The summed E-state index contributed by atoms with van der Waals surface area (Å²) in [5.41, 5.74) is 3.22. The molecule has 22 heavy (non-hydrogen) atoms. The van der Waals surface area contributed by atoms with E-state index >= 15 is 0 Å². The van der Waals surface area contributed by atoms with Crippen LogP contribution in [0.1, 0.15) is 55.7 Å². The summed E-state index contributed by atoms with van der Waals surface area (Å²) >= 11 is 0. The molecule has 0 saturated heterocycles. The SMILES string of the molecule is C=CC[C@H]1[NH2+]C2(CCCCC2)Cc2cc(OC)c(OC)cc21. The summed E-state index contributed by atoms with van der Waals surface area (Å²) in [4.78, 5) is 0. The fourth-order valence-electron chi connectivity index (χ4n) is 4.36. The van der Waals surface area contributed by atoms with Crippen LogP contribution in [0.15, 0.2) is 24.8 Å². The van der Waals surface area contributed by atoms with Crippen LogP contribution in [0.3, 0.4) is 0 Å². The van der Waals surface area contributed by atoms with Gasteiger partial charge in [-0.1, -0.05) is 12.5 Å². The molecule has 3 nitrogen and oxygen atoms in total. The van der Waals surface area contributed by atoms with Crippen molar-refractivity contribution in [2.75, 3.05) is 14.2 Å². The smallest absolute Gasteiger partial charge is 0.161 e. The molecule has 1 aliphatic heterocycles. The van der Waals surface area contributed by atoms with Crippen LogP contribution in [0.5, 0.6) is 11.5 Å². The highest BCUT2D eigenvalue weighted by Gasteiger charge is 2.43. The van der Waals surface area contributed by atoms with Gasteiger partial charge in [0, 0.05) is 31.2 Å². The standard InChI is InChI=1S/C19H27NO2/c1-4-8-16-15-12-18(22-3)17(21-2)11-14(15)13-19(20-16)9-6-5-7-10-19/h4,11-12,16,20H,1,5-10,13H2,2-3H3/p+1/t16-/m1/s1. The predicted molar refractivity (Wildman–Crippen MR) is 88.5 cm³/mol. The van der Waals surface area contributed by atoms with Gasteiger partial charge in [-0.05, 0) is 30.5 Å². The van der Waals surface area contributed by atoms with Crippen LogP contribution >= 0.6 is 0 Å². The zero-order valence-electron chi connectivity index (χ0n) is 13.9. The molecule has 1 spiro atoms. The zero-order valence-corrected chi connectivity index (χ0v) is 13.9. The molecule has 0 amide bonds. The molecule has 0 unspecified atom stereocenters. The lowest BCUT2D eigenvalue weighted by atomic mass is 9.72. The molecule has 1 aliphatic carbocycles. The molecule has 1 saturated carbocycles. The average molecular weight is 302 g/mol.